The standard InChI is InChI=1S/C15H12ClN3O3S/c1-21-11-5-3-10(4-6-11)17-15(20)19(23)14-12-7-2-9(16)8-13(12)22-18-14/h2-8,23H,1H3,(H,17,20). The molecule has 0 saturated heterocycles. The molecule has 0 radical (unpaired) electrons. The monoisotopic (exact) mass is 349 g/mol. The lowest BCUT2D eigenvalue weighted by Crippen LogP contribution is -2.27. The SMILES string of the molecule is COc1ccc(NC(=O)N(S)c2noc3cc(Cl)ccc23)cc1. The van der Waals surface area contributed by atoms with E-state index in [1.165, 1.54) is 0 Å². The van der Waals surface area contributed by atoms with Crippen LogP contribution in [-0.4, -0.2) is 18.3 Å². The van der Waals surface area contributed by atoms with Crippen LogP contribution in [-0.2, 0) is 0 Å². The molecule has 1 aromatic heterocycles. The van der Waals surface area contributed by atoms with Gasteiger partial charge in [-0.15, -0.1) is 0 Å². The minimum atomic E-state index is -0.469. The highest BCUT2D eigenvalue weighted by molar-refractivity contribution is 7.82. The van der Waals surface area contributed by atoms with Crippen molar-refractivity contribution in [1.29, 1.82) is 0 Å². The van der Waals surface area contributed by atoms with Gasteiger partial charge in [0.1, 0.15) is 5.75 Å². The molecule has 2 aromatic carbocycles. The third kappa shape index (κ3) is 3.20. The van der Waals surface area contributed by atoms with Gasteiger partial charge in [0.05, 0.1) is 12.5 Å². The number of carbonyl (C=O) groups excluding carboxylic acids is 1. The summed E-state index contributed by atoms with van der Waals surface area (Å²) in [7, 11) is 1.57. The van der Waals surface area contributed by atoms with Gasteiger partial charge in [-0.25, -0.2) is 9.10 Å². The highest BCUT2D eigenvalue weighted by Crippen LogP contribution is 2.29. The Hall–Kier alpha value is -2.38. The molecule has 2 amide bonds. The number of thiol groups is 1. The van der Waals surface area contributed by atoms with Gasteiger partial charge < -0.3 is 14.6 Å². The fraction of sp³-hybridized carbons (Fsp3) is 0.0667. The fourth-order valence-electron chi connectivity index (χ4n) is 2.00. The molecule has 0 spiro atoms. The topological polar surface area (TPSA) is 67.6 Å². The zero-order valence-electron chi connectivity index (χ0n) is 12.0. The maximum Gasteiger partial charge on any atom is 0.337 e. The predicted molar refractivity (Wildman–Crippen MR) is 92.5 cm³/mol. The number of carbonyl (C=O) groups is 1. The fourth-order valence-corrected chi connectivity index (χ4v) is 2.35. The van der Waals surface area contributed by atoms with E-state index in [2.05, 4.69) is 23.3 Å². The van der Waals surface area contributed by atoms with Crippen molar-refractivity contribution in [1.82, 2.24) is 5.16 Å². The molecule has 1 N–H and O–H groups in total. The number of halogens is 1. The number of amides is 2. The molecule has 0 fully saturated rings. The second-order valence-electron chi connectivity index (χ2n) is 4.62. The second-order valence-corrected chi connectivity index (χ2v) is 5.45. The molecule has 6 nitrogen and oxygen atoms in total. The van der Waals surface area contributed by atoms with Crippen molar-refractivity contribution >= 4 is 52.9 Å². The van der Waals surface area contributed by atoms with Gasteiger partial charge in [0.25, 0.3) is 0 Å². The number of ether oxygens (including phenoxy) is 1. The van der Waals surface area contributed by atoms with E-state index in [4.69, 9.17) is 20.9 Å². The van der Waals surface area contributed by atoms with E-state index in [1.807, 2.05) is 0 Å². The highest BCUT2D eigenvalue weighted by Gasteiger charge is 2.19. The molecule has 1 heterocycles. The summed E-state index contributed by atoms with van der Waals surface area (Å²) in [5.74, 6) is 0.983. The van der Waals surface area contributed by atoms with Crippen LogP contribution in [0.5, 0.6) is 5.75 Å². The number of fused-ring (bicyclic) bond motifs is 1. The van der Waals surface area contributed by atoms with Crippen molar-refractivity contribution in [3.05, 3.63) is 47.5 Å². The van der Waals surface area contributed by atoms with Gasteiger partial charge in [-0.2, -0.15) is 0 Å². The van der Waals surface area contributed by atoms with Gasteiger partial charge in [-0.05, 0) is 36.4 Å². The largest absolute Gasteiger partial charge is 0.497 e. The molecule has 0 unspecified atom stereocenters. The Morgan fingerprint density at radius 3 is 2.74 bits per heavy atom. The quantitative estimate of drug-likeness (QED) is 0.689. The first-order valence-electron chi connectivity index (χ1n) is 6.57. The minimum Gasteiger partial charge on any atom is -0.497 e. The third-order valence-electron chi connectivity index (χ3n) is 3.15. The van der Waals surface area contributed by atoms with Crippen molar-refractivity contribution in [3.63, 3.8) is 0 Å². The van der Waals surface area contributed by atoms with Crippen LogP contribution in [0, 0.1) is 0 Å². The van der Waals surface area contributed by atoms with Crippen molar-refractivity contribution < 1.29 is 14.1 Å². The number of benzene rings is 2. The summed E-state index contributed by atoms with van der Waals surface area (Å²) in [6, 6.07) is 11.5. The highest BCUT2D eigenvalue weighted by atomic mass is 35.5. The van der Waals surface area contributed by atoms with Crippen molar-refractivity contribution in [3.8, 4) is 5.75 Å². The smallest absolute Gasteiger partial charge is 0.337 e. The predicted octanol–water partition coefficient (Wildman–Crippen LogP) is 4.37. The summed E-state index contributed by atoms with van der Waals surface area (Å²) in [5, 5.41) is 7.72. The van der Waals surface area contributed by atoms with E-state index in [9.17, 15) is 4.79 Å². The van der Waals surface area contributed by atoms with Crippen molar-refractivity contribution in [2.24, 2.45) is 0 Å². The van der Waals surface area contributed by atoms with Gasteiger partial charge in [0.2, 0.25) is 0 Å². The van der Waals surface area contributed by atoms with E-state index in [0.29, 0.717) is 27.4 Å². The molecular weight excluding hydrogens is 338 g/mol. The molecule has 0 aliphatic heterocycles. The maximum atomic E-state index is 12.3. The van der Waals surface area contributed by atoms with E-state index in [-0.39, 0.29) is 5.82 Å². The number of nitrogens with zero attached hydrogens (tertiary/aromatic N) is 2. The van der Waals surface area contributed by atoms with Crippen LogP contribution in [0.2, 0.25) is 5.02 Å². The summed E-state index contributed by atoms with van der Waals surface area (Å²) in [5.41, 5.74) is 1.08. The average Bonchev–Trinajstić information content (AvgIpc) is 2.97. The molecule has 8 heteroatoms. The number of hydrogen-bond acceptors (Lipinski definition) is 5. The Morgan fingerprint density at radius 1 is 1.30 bits per heavy atom. The summed E-state index contributed by atoms with van der Waals surface area (Å²) in [6.45, 7) is 0. The Kier molecular flexibility index (Phi) is 4.31. The normalized spacial score (nSPS) is 10.6. The Bertz CT molecular complexity index is 851. The summed E-state index contributed by atoms with van der Waals surface area (Å²) in [6.07, 6.45) is 0. The Morgan fingerprint density at radius 2 is 2.04 bits per heavy atom. The van der Waals surface area contributed by atoms with E-state index in [1.54, 1.807) is 49.6 Å². The number of methoxy groups -OCH3 is 1. The second kappa shape index (κ2) is 6.39. The number of nitrogens with one attached hydrogen (secondary N) is 1. The molecule has 3 aromatic rings. The molecule has 3 rings (SSSR count). The molecule has 0 saturated carbocycles. The average molecular weight is 350 g/mol. The molecule has 118 valence electrons. The molecule has 0 aliphatic carbocycles. The number of aromatic nitrogens is 1. The number of hydrogen-bond donors (Lipinski definition) is 2. The van der Waals surface area contributed by atoms with Crippen LogP contribution in [0.3, 0.4) is 0 Å². The number of urea groups is 1. The lowest BCUT2D eigenvalue weighted by molar-refractivity contribution is 0.260. The number of anilines is 2. The van der Waals surface area contributed by atoms with Gasteiger partial charge >= 0.3 is 6.03 Å². The first kappa shape index (κ1) is 15.5. The molecule has 0 atom stereocenters. The zero-order valence-corrected chi connectivity index (χ0v) is 13.6. The van der Waals surface area contributed by atoms with Gasteiger partial charge in [-0.3, -0.25) is 0 Å². The first-order chi connectivity index (χ1) is 11.1. The van der Waals surface area contributed by atoms with Crippen LogP contribution in [0.15, 0.2) is 47.0 Å². The zero-order chi connectivity index (χ0) is 16.4. The van der Waals surface area contributed by atoms with Gasteiger partial charge in [0.15, 0.2) is 11.4 Å². The molecule has 0 bridgehead atoms. The molecular formula is C15H12ClN3O3S. The first-order valence-corrected chi connectivity index (χ1v) is 7.35. The molecule has 23 heavy (non-hydrogen) atoms. The summed E-state index contributed by atoms with van der Waals surface area (Å²) < 4.78 is 11.3. The summed E-state index contributed by atoms with van der Waals surface area (Å²) >= 11 is 10.1. The van der Waals surface area contributed by atoms with E-state index < -0.39 is 6.03 Å². The van der Waals surface area contributed by atoms with Crippen LogP contribution >= 0.6 is 24.4 Å². The minimum absolute atomic E-state index is 0.283. The van der Waals surface area contributed by atoms with Crippen LogP contribution in [0.4, 0.5) is 16.3 Å². The van der Waals surface area contributed by atoms with E-state index >= 15 is 0 Å². The van der Waals surface area contributed by atoms with Crippen LogP contribution < -0.4 is 14.4 Å². The van der Waals surface area contributed by atoms with Crippen LogP contribution in [0.1, 0.15) is 0 Å². The lowest BCUT2D eigenvalue weighted by Gasteiger charge is -2.14. The van der Waals surface area contributed by atoms with E-state index in [0.717, 1.165) is 4.31 Å². The Labute approximate surface area is 142 Å². The summed E-state index contributed by atoms with van der Waals surface area (Å²) in [4.78, 5) is 12.3. The lowest BCUT2D eigenvalue weighted by atomic mass is 10.2. The Balaban J connectivity index is 1.80. The third-order valence-corrected chi connectivity index (χ3v) is 3.76. The number of rotatable bonds is 3. The van der Waals surface area contributed by atoms with Crippen molar-refractivity contribution in [2.75, 3.05) is 16.7 Å². The maximum absolute atomic E-state index is 12.3. The van der Waals surface area contributed by atoms with Gasteiger partial charge in [0, 0.05) is 16.8 Å². The van der Waals surface area contributed by atoms with Crippen molar-refractivity contribution in [2.45, 2.75) is 0 Å². The van der Waals surface area contributed by atoms with Crippen LogP contribution in [0.25, 0.3) is 11.0 Å². The van der Waals surface area contributed by atoms with Gasteiger partial charge in [-0.1, -0.05) is 29.6 Å². The molecule has 0 aliphatic rings.